The van der Waals surface area contributed by atoms with E-state index in [9.17, 15) is 0 Å². The second kappa shape index (κ2) is 9.29. The maximum absolute atomic E-state index is 4.48. The molecule has 4 rings (SSSR count). The standard InChI is InChI=1S/C23H21N7/c1-17(18-11-5-2-6-12-18)29-30-23-27-21(24-19-13-7-3-8-14-19)26-22(28-23)25-20-15-9-4-10-16-20/h2-16H,1H3,(H3,24,25,26,27,28,30)/b29-17-. The van der Waals surface area contributed by atoms with Gasteiger partial charge in [0.15, 0.2) is 0 Å². The van der Waals surface area contributed by atoms with Crippen molar-refractivity contribution in [2.75, 3.05) is 16.1 Å². The Morgan fingerprint density at radius 2 is 1.03 bits per heavy atom. The minimum atomic E-state index is 0.331. The molecule has 3 N–H and O–H groups in total. The second-order valence-corrected chi connectivity index (χ2v) is 6.46. The van der Waals surface area contributed by atoms with Gasteiger partial charge in [0.2, 0.25) is 17.8 Å². The number of aromatic nitrogens is 3. The summed E-state index contributed by atoms with van der Waals surface area (Å²) in [5.74, 6) is 1.14. The Labute approximate surface area is 175 Å². The van der Waals surface area contributed by atoms with Crippen molar-refractivity contribution in [1.82, 2.24) is 15.0 Å². The van der Waals surface area contributed by atoms with Gasteiger partial charge in [-0.2, -0.15) is 20.1 Å². The van der Waals surface area contributed by atoms with Gasteiger partial charge in [-0.1, -0.05) is 66.7 Å². The van der Waals surface area contributed by atoms with Crippen LogP contribution in [0.25, 0.3) is 0 Å². The lowest BCUT2D eigenvalue weighted by molar-refractivity contribution is 1.04. The number of benzene rings is 3. The van der Waals surface area contributed by atoms with Crippen LogP contribution in [0.3, 0.4) is 0 Å². The van der Waals surface area contributed by atoms with Crippen LogP contribution in [0.15, 0.2) is 96.1 Å². The lowest BCUT2D eigenvalue weighted by Gasteiger charge is -2.10. The van der Waals surface area contributed by atoms with Gasteiger partial charge in [-0.15, -0.1) is 0 Å². The molecule has 0 amide bonds. The molecule has 0 saturated heterocycles. The predicted octanol–water partition coefficient (Wildman–Crippen LogP) is 5.19. The van der Waals surface area contributed by atoms with Gasteiger partial charge in [0.05, 0.1) is 5.71 Å². The maximum Gasteiger partial charge on any atom is 0.250 e. The first kappa shape index (κ1) is 19.1. The Bertz CT molecular complexity index is 1050. The Kier molecular flexibility index (Phi) is 5.91. The van der Waals surface area contributed by atoms with E-state index in [-0.39, 0.29) is 0 Å². The third-order valence-electron chi connectivity index (χ3n) is 4.21. The average Bonchev–Trinajstić information content (AvgIpc) is 2.79. The smallest absolute Gasteiger partial charge is 0.250 e. The lowest BCUT2D eigenvalue weighted by Crippen LogP contribution is -2.08. The van der Waals surface area contributed by atoms with Gasteiger partial charge in [0.1, 0.15) is 0 Å². The van der Waals surface area contributed by atoms with Crippen LogP contribution in [0, 0.1) is 0 Å². The van der Waals surface area contributed by atoms with Crippen molar-refractivity contribution in [2.45, 2.75) is 6.92 Å². The van der Waals surface area contributed by atoms with Crippen molar-refractivity contribution in [3.05, 3.63) is 96.6 Å². The fraction of sp³-hybridized carbons (Fsp3) is 0.0435. The first-order valence-corrected chi connectivity index (χ1v) is 9.52. The molecular weight excluding hydrogens is 374 g/mol. The molecule has 0 radical (unpaired) electrons. The predicted molar refractivity (Wildman–Crippen MR) is 122 cm³/mol. The summed E-state index contributed by atoms with van der Waals surface area (Å²) in [6.45, 7) is 1.93. The zero-order valence-electron chi connectivity index (χ0n) is 16.4. The van der Waals surface area contributed by atoms with Gasteiger partial charge in [-0.3, -0.25) is 0 Å². The van der Waals surface area contributed by atoms with Crippen molar-refractivity contribution in [2.24, 2.45) is 5.10 Å². The molecule has 4 aromatic rings. The number of hydrogen-bond acceptors (Lipinski definition) is 7. The molecule has 1 aromatic heterocycles. The molecule has 0 aliphatic carbocycles. The Morgan fingerprint density at radius 1 is 0.600 bits per heavy atom. The SMILES string of the molecule is C/C(=N/Nc1nc(Nc2ccccc2)nc(Nc2ccccc2)n1)c1ccccc1. The molecule has 0 atom stereocenters. The summed E-state index contributed by atoms with van der Waals surface area (Å²) in [7, 11) is 0. The van der Waals surface area contributed by atoms with E-state index in [1.54, 1.807) is 0 Å². The zero-order valence-corrected chi connectivity index (χ0v) is 16.4. The largest absolute Gasteiger partial charge is 0.324 e. The monoisotopic (exact) mass is 395 g/mol. The first-order valence-electron chi connectivity index (χ1n) is 9.52. The summed E-state index contributed by atoms with van der Waals surface area (Å²) in [5, 5.41) is 10.8. The highest BCUT2D eigenvalue weighted by Gasteiger charge is 2.08. The molecule has 0 saturated carbocycles. The summed E-state index contributed by atoms with van der Waals surface area (Å²) in [6, 6.07) is 29.4. The van der Waals surface area contributed by atoms with E-state index >= 15 is 0 Å². The van der Waals surface area contributed by atoms with Gasteiger partial charge in [-0.25, -0.2) is 5.43 Å². The topological polar surface area (TPSA) is 87.1 Å². The van der Waals surface area contributed by atoms with Gasteiger partial charge in [-0.05, 0) is 36.8 Å². The number of anilines is 5. The van der Waals surface area contributed by atoms with E-state index in [0.717, 1.165) is 22.6 Å². The van der Waals surface area contributed by atoms with E-state index in [4.69, 9.17) is 0 Å². The normalized spacial score (nSPS) is 11.0. The Balaban J connectivity index is 1.61. The van der Waals surface area contributed by atoms with Crippen molar-refractivity contribution in [1.29, 1.82) is 0 Å². The molecule has 0 aliphatic heterocycles. The number of nitrogens with one attached hydrogen (secondary N) is 3. The van der Waals surface area contributed by atoms with Crippen LogP contribution in [0.5, 0.6) is 0 Å². The van der Waals surface area contributed by atoms with E-state index in [1.807, 2.05) is 97.9 Å². The third-order valence-corrected chi connectivity index (χ3v) is 4.21. The summed E-state index contributed by atoms with van der Waals surface area (Å²) in [5.41, 5.74) is 6.54. The summed E-state index contributed by atoms with van der Waals surface area (Å²) in [6.07, 6.45) is 0. The number of nitrogens with zero attached hydrogens (tertiary/aromatic N) is 4. The van der Waals surface area contributed by atoms with Crippen LogP contribution < -0.4 is 16.1 Å². The fourth-order valence-corrected chi connectivity index (χ4v) is 2.72. The number of hydrazone groups is 1. The minimum Gasteiger partial charge on any atom is -0.324 e. The molecule has 0 aliphatic rings. The van der Waals surface area contributed by atoms with Crippen LogP contribution >= 0.6 is 0 Å². The van der Waals surface area contributed by atoms with E-state index in [2.05, 4.69) is 36.1 Å². The van der Waals surface area contributed by atoms with Crippen LogP contribution in [0.4, 0.5) is 29.2 Å². The molecule has 1 heterocycles. The number of para-hydroxylation sites is 2. The molecule has 0 fully saturated rings. The highest BCUT2D eigenvalue weighted by atomic mass is 15.4. The van der Waals surface area contributed by atoms with Crippen LogP contribution in [0.1, 0.15) is 12.5 Å². The molecule has 3 aromatic carbocycles. The van der Waals surface area contributed by atoms with Crippen LogP contribution in [-0.4, -0.2) is 20.7 Å². The van der Waals surface area contributed by atoms with Gasteiger partial charge in [0.25, 0.3) is 0 Å². The summed E-state index contributed by atoms with van der Waals surface area (Å²) < 4.78 is 0. The summed E-state index contributed by atoms with van der Waals surface area (Å²) >= 11 is 0. The first-order chi connectivity index (χ1) is 14.8. The Morgan fingerprint density at radius 3 is 1.53 bits per heavy atom. The molecular formula is C23H21N7. The second-order valence-electron chi connectivity index (χ2n) is 6.46. The van der Waals surface area contributed by atoms with Crippen LogP contribution in [-0.2, 0) is 0 Å². The Hall–Kier alpha value is -4.26. The van der Waals surface area contributed by atoms with Crippen LogP contribution in [0.2, 0.25) is 0 Å². The average molecular weight is 395 g/mol. The molecule has 7 heteroatoms. The zero-order chi connectivity index (χ0) is 20.6. The molecule has 7 nitrogen and oxygen atoms in total. The molecule has 0 spiro atoms. The van der Waals surface area contributed by atoms with E-state index in [0.29, 0.717) is 17.8 Å². The van der Waals surface area contributed by atoms with E-state index in [1.165, 1.54) is 0 Å². The third kappa shape index (κ3) is 5.17. The lowest BCUT2D eigenvalue weighted by atomic mass is 10.1. The number of hydrogen-bond donors (Lipinski definition) is 3. The van der Waals surface area contributed by atoms with E-state index < -0.39 is 0 Å². The van der Waals surface area contributed by atoms with Crippen molar-refractivity contribution in [3.8, 4) is 0 Å². The molecule has 30 heavy (non-hydrogen) atoms. The van der Waals surface area contributed by atoms with Crippen molar-refractivity contribution in [3.63, 3.8) is 0 Å². The molecule has 148 valence electrons. The quantitative estimate of drug-likeness (QED) is 0.295. The molecule has 0 bridgehead atoms. The fourth-order valence-electron chi connectivity index (χ4n) is 2.72. The van der Waals surface area contributed by atoms with Gasteiger partial charge in [0, 0.05) is 11.4 Å². The molecule has 0 unspecified atom stereocenters. The van der Waals surface area contributed by atoms with Gasteiger partial charge < -0.3 is 10.6 Å². The maximum atomic E-state index is 4.48. The van der Waals surface area contributed by atoms with Crippen molar-refractivity contribution >= 4 is 34.9 Å². The summed E-state index contributed by atoms with van der Waals surface area (Å²) in [4.78, 5) is 13.4. The number of rotatable bonds is 7. The van der Waals surface area contributed by atoms with Crippen molar-refractivity contribution < 1.29 is 0 Å². The minimum absolute atomic E-state index is 0.331. The van der Waals surface area contributed by atoms with Gasteiger partial charge >= 0.3 is 0 Å². The highest BCUT2D eigenvalue weighted by Crippen LogP contribution is 2.18. The highest BCUT2D eigenvalue weighted by molar-refractivity contribution is 5.98.